The molecule has 0 spiro atoms. The molecule has 0 heterocycles. The zero-order valence-electron chi connectivity index (χ0n) is 10.7. The molecule has 1 unspecified atom stereocenters. The van der Waals surface area contributed by atoms with Crippen LogP contribution in [0.1, 0.15) is 32.1 Å². The van der Waals surface area contributed by atoms with Crippen LogP contribution >= 0.6 is 11.8 Å². The Bertz CT molecular complexity index is 306. The van der Waals surface area contributed by atoms with Crippen LogP contribution in [-0.2, 0) is 0 Å². The van der Waals surface area contributed by atoms with E-state index in [2.05, 4.69) is 42.7 Å². The summed E-state index contributed by atoms with van der Waals surface area (Å²) in [5.74, 6) is 2.09. The molecule has 0 aliphatic heterocycles. The van der Waals surface area contributed by atoms with Crippen LogP contribution in [0.3, 0.4) is 0 Å². The van der Waals surface area contributed by atoms with Crippen LogP contribution in [0.15, 0.2) is 35.2 Å². The molecule has 0 bridgehead atoms. The van der Waals surface area contributed by atoms with Gasteiger partial charge in [-0.1, -0.05) is 37.5 Å². The van der Waals surface area contributed by atoms with Crippen LogP contribution < -0.4 is 5.32 Å². The highest BCUT2D eigenvalue weighted by molar-refractivity contribution is 7.99. The largest absolute Gasteiger partial charge is 0.316 e. The van der Waals surface area contributed by atoms with Crippen molar-refractivity contribution in [3.05, 3.63) is 30.3 Å². The van der Waals surface area contributed by atoms with Gasteiger partial charge in [0.15, 0.2) is 0 Å². The maximum absolute atomic E-state index is 3.52. The van der Waals surface area contributed by atoms with E-state index in [9.17, 15) is 0 Å². The second-order valence-electron chi connectivity index (χ2n) is 4.92. The quantitative estimate of drug-likeness (QED) is 0.793. The van der Waals surface area contributed by atoms with Gasteiger partial charge in [0.05, 0.1) is 0 Å². The average Bonchev–Trinajstić information content (AvgIpc) is 2.42. The third-order valence-corrected chi connectivity index (χ3v) is 4.89. The normalized spacial score (nSPS) is 19.1. The third-order valence-electron chi connectivity index (χ3n) is 3.76. The Kier molecular flexibility index (Phi) is 5.40. The van der Waals surface area contributed by atoms with Crippen LogP contribution in [-0.4, -0.2) is 18.8 Å². The summed E-state index contributed by atoms with van der Waals surface area (Å²) in [7, 11) is 2.12. The first-order valence-electron chi connectivity index (χ1n) is 6.75. The average molecular weight is 249 g/mol. The first kappa shape index (κ1) is 13.0. The molecular formula is C15H23NS. The minimum absolute atomic E-state index is 0.681. The van der Waals surface area contributed by atoms with Gasteiger partial charge < -0.3 is 5.32 Å². The summed E-state index contributed by atoms with van der Waals surface area (Å²) < 4.78 is 0. The van der Waals surface area contributed by atoms with Crippen molar-refractivity contribution in [1.29, 1.82) is 0 Å². The highest BCUT2D eigenvalue weighted by Gasteiger charge is 2.22. The molecule has 1 aliphatic carbocycles. The molecule has 94 valence electrons. The van der Waals surface area contributed by atoms with E-state index < -0.39 is 0 Å². The molecule has 17 heavy (non-hydrogen) atoms. The molecule has 0 amide bonds. The van der Waals surface area contributed by atoms with Crippen LogP contribution in [0.4, 0.5) is 0 Å². The van der Waals surface area contributed by atoms with E-state index in [0.29, 0.717) is 6.04 Å². The molecular weight excluding hydrogens is 226 g/mol. The van der Waals surface area contributed by atoms with Crippen molar-refractivity contribution in [1.82, 2.24) is 5.32 Å². The second-order valence-corrected chi connectivity index (χ2v) is 6.01. The monoisotopic (exact) mass is 249 g/mol. The van der Waals surface area contributed by atoms with Gasteiger partial charge in [0.1, 0.15) is 0 Å². The third kappa shape index (κ3) is 4.04. The first-order valence-corrected chi connectivity index (χ1v) is 7.74. The SMILES string of the molecule is CNC(CSc1ccccc1)C1CCCCC1. The van der Waals surface area contributed by atoms with Crippen LogP contribution in [0.25, 0.3) is 0 Å². The fourth-order valence-electron chi connectivity index (χ4n) is 2.69. The number of thioether (sulfide) groups is 1. The van der Waals surface area contributed by atoms with Gasteiger partial charge in [-0.05, 0) is 37.9 Å². The smallest absolute Gasteiger partial charge is 0.0186 e. The van der Waals surface area contributed by atoms with E-state index in [4.69, 9.17) is 0 Å². The summed E-state index contributed by atoms with van der Waals surface area (Å²) in [6, 6.07) is 11.4. The molecule has 0 aromatic heterocycles. The topological polar surface area (TPSA) is 12.0 Å². The summed E-state index contributed by atoms with van der Waals surface area (Å²) in [4.78, 5) is 1.39. The molecule has 1 nitrogen and oxygen atoms in total. The maximum Gasteiger partial charge on any atom is 0.0186 e. The van der Waals surface area contributed by atoms with Gasteiger partial charge in [0.2, 0.25) is 0 Å². The van der Waals surface area contributed by atoms with E-state index in [-0.39, 0.29) is 0 Å². The molecule has 1 aromatic carbocycles. The highest BCUT2D eigenvalue weighted by Crippen LogP contribution is 2.29. The predicted molar refractivity (Wildman–Crippen MR) is 76.6 cm³/mol. The molecule has 0 radical (unpaired) electrons. The van der Waals surface area contributed by atoms with Crippen molar-refractivity contribution in [3.63, 3.8) is 0 Å². The van der Waals surface area contributed by atoms with Crippen molar-refractivity contribution in [3.8, 4) is 0 Å². The molecule has 2 heteroatoms. The fourth-order valence-corrected chi connectivity index (χ4v) is 3.85. The Morgan fingerprint density at radius 3 is 2.53 bits per heavy atom. The molecule has 2 rings (SSSR count). The zero-order chi connectivity index (χ0) is 11.9. The van der Waals surface area contributed by atoms with Crippen molar-refractivity contribution in [2.45, 2.75) is 43.0 Å². The summed E-state index contributed by atoms with van der Waals surface area (Å²) >= 11 is 1.98. The Morgan fingerprint density at radius 1 is 1.18 bits per heavy atom. The summed E-state index contributed by atoms with van der Waals surface area (Å²) in [6.07, 6.45) is 7.14. The van der Waals surface area contributed by atoms with Gasteiger partial charge in [0, 0.05) is 16.7 Å². The first-order chi connectivity index (χ1) is 8.40. The fraction of sp³-hybridized carbons (Fsp3) is 0.600. The Morgan fingerprint density at radius 2 is 1.88 bits per heavy atom. The number of rotatable bonds is 5. The molecule has 1 atom stereocenters. The number of hydrogen-bond donors (Lipinski definition) is 1. The number of benzene rings is 1. The van der Waals surface area contributed by atoms with Crippen LogP contribution in [0.5, 0.6) is 0 Å². The van der Waals surface area contributed by atoms with Gasteiger partial charge in [-0.2, -0.15) is 0 Å². The Hall–Kier alpha value is -0.470. The van der Waals surface area contributed by atoms with E-state index >= 15 is 0 Å². The van der Waals surface area contributed by atoms with E-state index in [1.165, 1.54) is 42.8 Å². The van der Waals surface area contributed by atoms with Gasteiger partial charge in [-0.25, -0.2) is 0 Å². The summed E-state index contributed by atoms with van der Waals surface area (Å²) in [6.45, 7) is 0. The van der Waals surface area contributed by atoms with E-state index in [1.54, 1.807) is 0 Å². The minimum Gasteiger partial charge on any atom is -0.316 e. The second kappa shape index (κ2) is 7.07. The lowest BCUT2D eigenvalue weighted by Gasteiger charge is -2.29. The van der Waals surface area contributed by atoms with Gasteiger partial charge in [-0.3, -0.25) is 0 Å². The van der Waals surface area contributed by atoms with Crippen LogP contribution in [0.2, 0.25) is 0 Å². The van der Waals surface area contributed by atoms with Crippen molar-refractivity contribution >= 4 is 11.8 Å². The zero-order valence-corrected chi connectivity index (χ0v) is 11.5. The lowest BCUT2D eigenvalue weighted by atomic mass is 9.84. The van der Waals surface area contributed by atoms with Gasteiger partial charge in [-0.15, -0.1) is 11.8 Å². The minimum atomic E-state index is 0.681. The Labute approximate surface area is 109 Å². The van der Waals surface area contributed by atoms with Crippen molar-refractivity contribution in [2.24, 2.45) is 5.92 Å². The maximum atomic E-state index is 3.52. The van der Waals surface area contributed by atoms with Crippen LogP contribution in [0, 0.1) is 5.92 Å². The van der Waals surface area contributed by atoms with E-state index in [0.717, 1.165) is 5.92 Å². The molecule has 0 saturated heterocycles. The predicted octanol–water partition coefficient (Wildman–Crippen LogP) is 3.95. The summed E-state index contributed by atoms with van der Waals surface area (Å²) in [5.41, 5.74) is 0. The molecule has 1 aromatic rings. The summed E-state index contributed by atoms with van der Waals surface area (Å²) in [5, 5.41) is 3.52. The molecule has 1 aliphatic rings. The lowest BCUT2D eigenvalue weighted by Crippen LogP contribution is -2.36. The molecule has 1 fully saturated rings. The lowest BCUT2D eigenvalue weighted by molar-refractivity contribution is 0.294. The van der Waals surface area contributed by atoms with Crippen molar-refractivity contribution in [2.75, 3.05) is 12.8 Å². The number of nitrogens with one attached hydrogen (secondary N) is 1. The van der Waals surface area contributed by atoms with Gasteiger partial charge >= 0.3 is 0 Å². The number of hydrogen-bond acceptors (Lipinski definition) is 2. The van der Waals surface area contributed by atoms with Gasteiger partial charge in [0.25, 0.3) is 0 Å². The Balaban J connectivity index is 1.82. The van der Waals surface area contributed by atoms with Crippen molar-refractivity contribution < 1.29 is 0 Å². The standard InChI is InChI=1S/C15H23NS/c1-16-15(13-8-4-2-5-9-13)12-17-14-10-6-3-7-11-14/h3,6-7,10-11,13,15-16H,2,4-5,8-9,12H2,1H3. The van der Waals surface area contributed by atoms with E-state index in [1.807, 2.05) is 11.8 Å². The molecule has 1 N–H and O–H groups in total. The highest BCUT2D eigenvalue weighted by atomic mass is 32.2. The molecule has 1 saturated carbocycles.